The molecule has 0 radical (unpaired) electrons. The maximum atomic E-state index is 11.2. The molecule has 1 aromatic rings. The summed E-state index contributed by atoms with van der Waals surface area (Å²) in [6.07, 6.45) is 5.60. The van der Waals surface area contributed by atoms with Crippen LogP contribution in [0.5, 0.6) is 0 Å². The van der Waals surface area contributed by atoms with Crippen molar-refractivity contribution in [1.29, 1.82) is 0 Å². The number of carboxylic acids is 2. The second-order valence-electron chi connectivity index (χ2n) is 3.70. The summed E-state index contributed by atoms with van der Waals surface area (Å²) in [7, 11) is 0. The smallest absolute Gasteiger partial charge is 0.345 e. The molecule has 0 saturated carbocycles. The minimum absolute atomic E-state index is 0.350. The fourth-order valence-electron chi connectivity index (χ4n) is 1.60. The number of aliphatic carboxylic acids is 2. The minimum atomic E-state index is -2.15. The average molecular weight is 246 g/mol. The first kappa shape index (κ1) is 11.8. The monoisotopic (exact) mass is 246 g/mol. The third kappa shape index (κ3) is 1.84. The molecule has 0 atom stereocenters. The quantitative estimate of drug-likeness (QED) is 0.671. The molecule has 6 heteroatoms. The molecular weight excluding hydrogens is 236 g/mol. The summed E-state index contributed by atoms with van der Waals surface area (Å²) >= 11 is 0. The predicted octanol–water partition coefficient (Wildman–Crippen LogP) is 0.490. The number of dihydropyridines is 1. The lowest BCUT2D eigenvalue weighted by molar-refractivity contribution is -0.155. The van der Waals surface area contributed by atoms with Gasteiger partial charge in [0, 0.05) is 6.20 Å². The fourth-order valence-corrected chi connectivity index (χ4v) is 1.60. The van der Waals surface area contributed by atoms with Crippen LogP contribution in [0.1, 0.15) is 5.69 Å². The van der Waals surface area contributed by atoms with Crippen molar-refractivity contribution in [3.8, 4) is 0 Å². The average Bonchev–Trinajstić information content (AvgIpc) is 2.39. The van der Waals surface area contributed by atoms with E-state index in [1.807, 2.05) is 0 Å². The zero-order valence-electron chi connectivity index (χ0n) is 9.20. The van der Waals surface area contributed by atoms with E-state index >= 15 is 0 Å². The van der Waals surface area contributed by atoms with Gasteiger partial charge in [-0.2, -0.15) is 0 Å². The predicted molar refractivity (Wildman–Crippen MR) is 62.5 cm³/mol. The van der Waals surface area contributed by atoms with Crippen molar-refractivity contribution < 1.29 is 19.8 Å². The molecule has 1 aliphatic rings. The largest absolute Gasteiger partial charge is 0.479 e. The van der Waals surface area contributed by atoms with Crippen LogP contribution < -0.4 is 5.32 Å². The highest BCUT2D eigenvalue weighted by molar-refractivity contribution is 6.07. The van der Waals surface area contributed by atoms with Gasteiger partial charge in [0.2, 0.25) is 0 Å². The number of carbonyl (C=O) groups is 2. The second kappa shape index (κ2) is 4.33. The Bertz CT molecular complexity index is 534. The van der Waals surface area contributed by atoms with Crippen molar-refractivity contribution >= 4 is 17.6 Å². The third-order valence-corrected chi connectivity index (χ3v) is 2.56. The van der Waals surface area contributed by atoms with Crippen LogP contribution in [0.15, 0.2) is 42.6 Å². The molecule has 0 unspecified atom stereocenters. The van der Waals surface area contributed by atoms with Gasteiger partial charge in [0.25, 0.3) is 5.54 Å². The molecule has 0 fully saturated rings. The highest BCUT2D eigenvalue weighted by Gasteiger charge is 2.46. The zero-order valence-corrected chi connectivity index (χ0v) is 9.20. The first-order valence-corrected chi connectivity index (χ1v) is 5.12. The molecular formula is C12H10N2O4. The van der Waals surface area contributed by atoms with Crippen LogP contribution >= 0.6 is 0 Å². The van der Waals surface area contributed by atoms with E-state index in [0.29, 0.717) is 11.4 Å². The maximum absolute atomic E-state index is 11.2. The van der Waals surface area contributed by atoms with E-state index < -0.39 is 17.5 Å². The minimum Gasteiger partial charge on any atom is -0.479 e. The number of nitrogens with one attached hydrogen (secondary N) is 1. The summed E-state index contributed by atoms with van der Waals surface area (Å²) in [5.74, 6) is -2.96. The van der Waals surface area contributed by atoms with Gasteiger partial charge in [-0.1, -0.05) is 12.1 Å². The second-order valence-corrected chi connectivity index (χ2v) is 3.70. The Balaban J connectivity index is 2.40. The lowest BCUT2D eigenvalue weighted by Crippen LogP contribution is -2.56. The van der Waals surface area contributed by atoms with Gasteiger partial charge in [0.05, 0.1) is 11.4 Å². The molecule has 0 saturated heterocycles. The number of allylic oxidation sites excluding steroid dienone is 2. The molecule has 2 heterocycles. The zero-order chi connectivity index (χ0) is 13.2. The van der Waals surface area contributed by atoms with E-state index in [2.05, 4.69) is 10.3 Å². The lowest BCUT2D eigenvalue weighted by Gasteiger charge is -2.27. The van der Waals surface area contributed by atoms with Gasteiger partial charge in [-0.25, -0.2) is 9.59 Å². The molecule has 1 aromatic heterocycles. The highest BCUT2D eigenvalue weighted by Crippen LogP contribution is 2.20. The van der Waals surface area contributed by atoms with Crippen LogP contribution in [0.4, 0.5) is 0 Å². The lowest BCUT2D eigenvalue weighted by atomic mass is 9.95. The third-order valence-electron chi connectivity index (χ3n) is 2.56. The van der Waals surface area contributed by atoms with Crippen molar-refractivity contribution in [2.75, 3.05) is 0 Å². The molecule has 0 aromatic carbocycles. The fraction of sp³-hybridized carbons (Fsp3) is 0.0833. The van der Waals surface area contributed by atoms with Gasteiger partial charge in [-0.3, -0.25) is 4.98 Å². The first-order chi connectivity index (χ1) is 8.56. The molecule has 0 spiro atoms. The van der Waals surface area contributed by atoms with Crippen LogP contribution in [-0.2, 0) is 9.59 Å². The van der Waals surface area contributed by atoms with Crippen LogP contribution in [0.3, 0.4) is 0 Å². The van der Waals surface area contributed by atoms with Crippen molar-refractivity contribution in [3.05, 3.63) is 48.3 Å². The summed E-state index contributed by atoms with van der Waals surface area (Å²) in [6, 6.07) is 5.10. The number of carboxylic acid groups (broad SMARTS) is 2. The summed E-state index contributed by atoms with van der Waals surface area (Å²) in [5.41, 5.74) is -1.32. The Morgan fingerprint density at radius 3 is 2.50 bits per heavy atom. The van der Waals surface area contributed by atoms with Gasteiger partial charge in [0.15, 0.2) is 0 Å². The van der Waals surface area contributed by atoms with Crippen molar-refractivity contribution in [2.24, 2.45) is 0 Å². The molecule has 3 N–H and O–H groups in total. The standard InChI is InChI=1S/C12H10N2O4/c15-10(16)12(11(17)18)6-3-5-9(14-12)8-4-1-2-7-13-8/h1-7,14H,(H,15,16)(H,17,18). The van der Waals surface area contributed by atoms with Gasteiger partial charge in [-0.15, -0.1) is 0 Å². The van der Waals surface area contributed by atoms with Crippen LogP contribution in [-0.4, -0.2) is 32.7 Å². The SMILES string of the molecule is O=C(O)C1(C(=O)O)C=CC=C(c2ccccn2)N1. The van der Waals surface area contributed by atoms with E-state index in [-0.39, 0.29) is 0 Å². The van der Waals surface area contributed by atoms with Gasteiger partial charge in [0.1, 0.15) is 0 Å². The number of pyridine rings is 1. The van der Waals surface area contributed by atoms with E-state index in [9.17, 15) is 9.59 Å². The Hall–Kier alpha value is -2.63. The van der Waals surface area contributed by atoms with E-state index in [0.717, 1.165) is 6.08 Å². The topological polar surface area (TPSA) is 99.5 Å². The summed E-state index contributed by atoms with van der Waals surface area (Å²) < 4.78 is 0. The highest BCUT2D eigenvalue weighted by atomic mass is 16.4. The van der Waals surface area contributed by atoms with Crippen LogP contribution in [0.2, 0.25) is 0 Å². The number of aromatic nitrogens is 1. The molecule has 92 valence electrons. The van der Waals surface area contributed by atoms with E-state index in [1.165, 1.54) is 6.08 Å². The van der Waals surface area contributed by atoms with Crippen molar-refractivity contribution in [3.63, 3.8) is 0 Å². The number of rotatable bonds is 3. The van der Waals surface area contributed by atoms with Crippen LogP contribution in [0, 0.1) is 0 Å². The number of nitrogens with zero attached hydrogens (tertiary/aromatic N) is 1. The molecule has 0 amide bonds. The Morgan fingerprint density at radius 2 is 1.94 bits per heavy atom. The number of hydrogen-bond donors (Lipinski definition) is 3. The molecule has 6 nitrogen and oxygen atoms in total. The summed E-state index contributed by atoms with van der Waals surface area (Å²) in [5, 5.41) is 20.7. The summed E-state index contributed by atoms with van der Waals surface area (Å²) in [6.45, 7) is 0. The normalized spacial score (nSPS) is 16.6. The molecule has 2 rings (SSSR count). The van der Waals surface area contributed by atoms with Gasteiger partial charge in [-0.05, 0) is 24.3 Å². The Morgan fingerprint density at radius 1 is 1.22 bits per heavy atom. The Kier molecular flexibility index (Phi) is 2.85. The van der Waals surface area contributed by atoms with Gasteiger partial charge < -0.3 is 15.5 Å². The van der Waals surface area contributed by atoms with Crippen LogP contribution in [0.25, 0.3) is 5.70 Å². The molecule has 0 bridgehead atoms. The molecule has 1 aliphatic heterocycles. The molecule has 18 heavy (non-hydrogen) atoms. The first-order valence-electron chi connectivity index (χ1n) is 5.12. The van der Waals surface area contributed by atoms with E-state index in [4.69, 9.17) is 10.2 Å². The maximum Gasteiger partial charge on any atom is 0.345 e. The molecule has 0 aliphatic carbocycles. The van der Waals surface area contributed by atoms with E-state index in [1.54, 1.807) is 30.5 Å². The number of hydrogen-bond acceptors (Lipinski definition) is 4. The summed E-state index contributed by atoms with van der Waals surface area (Å²) in [4.78, 5) is 26.3. The van der Waals surface area contributed by atoms with Gasteiger partial charge >= 0.3 is 11.9 Å². The Labute approximate surface area is 102 Å². The van der Waals surface area contributed by atoms with Crippen molar-refractivity contribution in [1.82, 2.24) is 10.3 Å². The van der Waals surface area contributed by atoms with Crippen molar-refractivity contribution in [2.45, 2.75) is 5.54 Å².